The van der Waals surface area contributed by atoms with Gasteiger partial charge in [0.1, 0.15) is 0 Å². The molecule has 3 N–H and O–H groups in total. The normalized spacial score (nSPS) is 16.4. The number of fused-ring (bicyclic) bond motifs is 5. The first-order chi connectivity index (χ1) is 14.2. The molecule has 7 heteroatoms. The predicted molar refractivity (Wildman–Crippen MR) is 119 cm³/mol. The number of benzene rings is 1. The van der Waals surface area contributed by atoms with Crippen LogP contribution in [0.15, 0.2) is 36.9 Å². The number of aliphatic hydroxyl groups is 1. The van der Waals surface area contributed by atoms with Crippen LogP contribution in [0.25, 0.3) is 38.5 Å². The molecular weight excluding hydrogens is 382 g/mol. The van der Waals surface area contributed by atoms with E-state index >= 15 is 0 Å². The minimum atomic E-state index is -0.149. The molecule has 0 bridgehead atoms. The van der Waals surface area contributed by atoms with Crippen molar-refractivity contribution in [2.24, 2.45) is 0 Å². The van der Waals surface area contributed by atoms with E-state index in [0.717, 1.165) is 29.7 Å². The zero-order chi connectivity index (χ0) is 20.0. The molecule has 4 aromatic rings. The summed E-state index contributed by atoms with van der Waals surface area (Å²) in [6.45, 7) is 7.56. The third-order valence-corrected chi connectivity index (χ3v) is 6.35. The largest absolute Gasteiger partial charge is 0.390 e. The number of aromatic nitrogens is 3. The standard InChI is InChI=1S/C22H21N5OS/c1-3-20-25-13(11-28)8-17(27-20)16-5-4-14-15(26-16)6-7-18-21(14)22-19(29-18)10-23-12(2)9-24-22/h3-8,12,23-24,28H,1,9-11H2,2H3/t12-/m1/s1. The second kappa shape index (κ2) is 7.18. The summed E-state index contributed by atoms with van der Waals surface area (Å²) in [5.41, 5.74) is 4.13. The molecular formula is C22H21N5OS. The zero-order valence-electron chi connectivity index (χ0n) is 16.1. The molecule has 0 radical (unpaired) electrons. The van der Waals surface area contributed by atoms with Crippen LogP contribution >= 0.6 is 11.3 Å². The number of anilines is 1. The maximum atomic E-state index is 9.49. The highest BCUT2D eigenvalue weighted by atomic mass is 32.1. The maximum absolute atomic E-state index is 9.49. The van der Waals surface area contributed by atoms with Gasteiger partial charge in [0.25, 0.3) is 0 Å². The Kier molecular flexibility index (Phi) is 4.50. The first-order valence-electron chi connectivity index (χ1n) is 9.60. The quantitative estimate of drug-likeness (QED) is 0.481. The molecule has 5 rings (SSSR count). The molecule has 1 aromatic carbocycles. The molecule has 6 nitrogen and oxygen atoms in total. The van der Waals surface area contributed by atoms with Crippen molar-refractivity contribution in [3.8, 4) is 11.4 Å². The molecule has 0 spiro atoms. The number of nitrogens with zero attached hydrogens (tertiary/aromatic N) is 3. The number of rotatable bonds is 3. The molecule has 1 aliphatic rings. The number of aliphatic hydroxyl groups excluding tert-OH is 1. The van der Waals surface area contributed by atoms with Gasteiger partial charge in [0.2, 0.25) is 0 Å². The summed E-state index contributed by atoms with van der Waals surface area (Å²) in [4.78, 5) is 14.9. The van der Waals surface area contributed by atoms with E-state index in [1.165, 1.54) is 20.7 Å². The van der Waals surface area contributed by atoms with Crippen molar-refractivity contribution in [3.63, 3.8) is 0 Å². The van der Waals surface area contributed by atoms with Crippen LogP contribution in [0.1, 0.15) is 23.3 Å². The van der Waals surface area contributed by atoms with Gasteiger partial charge in [-0.3, -0.25) is 0 Å². The summed E-state index contributed by atoms with van der Waals surface area (Å²) in [5.74, 6) is 0.484. The number of hydrogen-bond donors (Lipinski definition) is 3. The zero-order valence-corrected chi connectivity index (χ0v) is 16.9. The fourth-order valence-corrected chi connectivity index (χ4v) is 4.87. The lowest BCUT2D eigenvalue weighted by Gasteiger charge is -2.10. The molecule has 1 atom stereocenters. The molecule has 0 fully saturated rings. The highest BCUT2D eigenvalue weighted by Gasteiger charge is 2.19. The highest BCUT2D eigenvalue weighted by Crippen LogP contribution is 2.41. The fourth-order valence-electron chi connectivity index (χ4n) is 3.72. The van der Waals surface area contributed by atoms with Gasteiger partial charge in [-0.2, -0.15) is 0 Å². The van der Waals surface area contributed by atoms with Crippen LogP contribution in [-0.2, 0) is 13.2 Å². The third kappa shape index (κ3) is 3.17. The second-order valence-corrected chi connectivity index (χ2v) is 8.37. The van der Waals surface area contributed by atoms with Gasteiger partial charge in [0.05, 0.1) is 34.9 Å². The molecule has 0 aliphatic carbocycles. The Morgan fingerprint density at radius 2 is 2.10 bits per heavy atom. The van der Waals surface area contributed by atoms with Gasteiger partial charge >= 0.3 is 0 Å². The van der Waals surface area contributed by atoms with E-state index in [9.17, 15) is 5.11 Å². The highest BCUT2D eigenvalue weighted by molar-refractivity contribution is 7.20. The van der Waals surface area contributed by atoms with Gasteiger partial charge in [0, 0.05) is 39.5 Å². The lowest BCUT2D eigenvalue weighted by Crippen LogP contribution is -2.29. The Hall–Kier alpha value is -2.87. The van der Waals surface area contributed by atoms with Crippen LogP contribution in [-0.4, -0.2) is 32.6 Å². The molecule has 3 aromatic heterocycles. The van der Waals surface area contributed by atoms with Crippen LogP contribution < -0.4 is 10.6 Å². The Morgan fingerprint density at radius 1 is 1.21 bits per heavy atom. The van der Waals surface area contributed by atoms with E-state index in [1.807, 2.05) is 17.4 Å². The molecule has 0 amide bonds. The van der Waals surface area contributed by atoms with E-state index in [0.29, 0.717) is 23.3 Å². The summed E-state index contributed by atoms with van der Waals surface area (Å²) in [7, 11) is 0. The van der Waals surface area contributed by atoms with Crippen LogP contribution in [0.4, 0.5) is 5.69 Å². The van der Waals surface area contributed by atoms with Crippen LogP contribution in [0.2, 0.25) is 0 Å². The van der Waals surface area contributed by atoms with Crippen molar-refractivity contribution < 1.29 is 5.11 Å². The SMILES string of the molecule is C=Cc1nc(CO)cc(-c2ccc3c(ccc4sc5c(c43)NC[C@@H](C)NC5)n2)n1. The summed E-state index contributed by atoms with van der Waals surface area (Å²) in [5, 5.41) is 19.0. The Morgan fingerprint density at radius 3 is 2.93 bits per heavy atom. The second-order valence-electron chi connectivity index (χ2n) is 7.23. The molecule has 4 heterocycles. The first-order valence-corrected chi connectivity index (χ1v) is 10.4. The van der Waals surface area contributed by atoms with Gasteiger partial charge in [-0.25, -0.2) is 15.0 Å². The minimum Gasteiger partial charge on any atom is -0.390 e. The monoisotopic (exact) mass is 403 g/mol. The lowest BCUT2D eigenvalue weighted by atomic mass is 10.1. The summed E-state index contributed by atoms with van der Waals surface area (Å²) < 4.78 is 1.26. The molecule has 0 unspecified atom stereocenters. The summed E-state index contributed by atoms with van der Waals surface area (Å²) in [6.07, 6.45) is 1.58. The van der Waals surface area contributed by atoms with Gasteiger partial charge in [-0.05, 0) is 43.3 Å². The van der Waals surface area contributed by atoms with Crippen LogP contribution in [0.5, 0.6) is 0 Å². The van der Waals surface area contributed by atoms with Crippen molar-refractivity contribution >= 4 is 44.1 Å². The number of thiophene rings is 1. The Labute approximate surface area is 172 Å². The number of hydrogen-bond acceptors (Lipinski definition) is 7. The average molecular weight is 404 g/mol. The summed E-state index contributed by atoms with van der Waals surface area (Å²) in [6, 6.07) is 10.5. The third-order valence-electron chi connectivity index (χ3n) is 5.19. The lowest BCUT2D eigenvalue weighted by molar-refractivity contribution is 0.276. The molecule has 0 saturated heterocycles. The van der Waals surface area contributed by atoms with Crippen molar-refractivity contribution in [2.75, 3.05) is 11.9 Å². The maximum Gasteiger partial charge on any atom is 0.152 e. The fraction of sp³-hybridized carbons (Fsp3) is 0.227. The van der Waals surface area contributed by atoms with Crippen molar-refractivity contribution in [3.05, 3.63) is 53.3 Å². The Balaban J connectivity index is 1.67. The topological polar surface area (TPSA) is 83.0 Å². The summed E-state index contributed by atoms with van der Waals surface area (Å²) >= 11 is 1.83. The predicted octanol–water partition coefficient (Wildman–Crippen LogP) is 3.95. The molecule has 146 valence electrons. The molecule has 29 heavy (non-hydrogen) atoms. The first kappa shape index (κ1) is 18.2. The average Bonchev–Trinajstić information content (AvgIpc) is 3.03. The van der Waals surface area contributed by atoms with Gasteiger partial charge in [-0.15, -0.1) is 11.3 Å². The van der Waals surface area contributed by atoms with Crippen molar-refractivity contribution in [2.45, 2.75) is 26.1 Å². The van der Waals surface area contributed by atoms with E-state index in [2.05, 4.69) is 52.3 Å². The van der Waals surface area contributed by atoms with Gasteiger partial charge in [-0.1, -0.05) is 6.58 Å². The van der Waals surface area contributed by atoms with Crippen molar-refractivity contribution in [1.29, 1.82) is 0 Å². The van der Waals surface area contributed by atoms with Gasteiger partial charge in [0.15, 0.2) is 5.82 Å². The Bertz CT molecular complexity index is 1250. The van der Waals surface area contributed by atoms with E-state index in [1.54, 1.807) is 12.1 Å². The van der Waals surface area contributed by atoms with Gasteiger partial charge < -0.3 is 15.7 Å². The van der Waals surface area contributed by atoms with Crippen molar-refractivity contribution in [1.82, 2.24) is 20.3 Å². The van der Waals surface area contributed by atoms with Crippen LogP contribution in [0, 0.1) is 0 Å². The van der Waals surface area contributed by atoms with E-state index < -0.39 is 0 Å². The molecule has 0 saturated carbocycles. The number of pyridine rings is 1. The van der Waals surface area contributed by atoms with E-state index in [4.69, 9.17) is 4.98 Å². The van der Waals surface area contributed by atoms with E-state index in [-0.39, 0.29) is 6.61 Å². The molecule has 1 aliphatic heterocycles. The van der Waals surface area contributed by atoms with Crippen LogP contribution in [0.3, 0.4) is 0 Å². The number of nitrogens with one attached hydrogen (secondary N) is 2. The minimum absolute atomic E-state index is 0.149. The smallest absolute Gasteiger partial charge is 0.152 e.